The maximum absolute atomic E-state index is 5.38. The molecule has 1 aromatic rings. The maximum Gasteiger partial charge on any atom is 0.116 e. The molecule has 1 aromatic heterocycles. The van der Waals surface area contributed by atoms with Crippen LogP contribution in [0.1, 0.15) is 30.6 Å². The first kappa shape index (κ1) is 11.1. The molecule has 84 valence electrons. The Kier molecular flexibility index (Phi) is 4.15. The Bertz CT molecular complexity index is 294. The average molecular weight is 225 g/mol. The van der Waals surface area contributed by atoms with Crippen LogP contribution in [0.5, 0.6) is 0 Å². The highest BCUT2D eigenvalue weighted by Gasteiger charge is 2.19. The van der Waals surface area contributed by atoms with E-state index in [1.54, 1.807) is 6.26 Å². The molecule has 1 N–H and O–H groups in total. The van der Waals surface area contributed by atoms with Crippen LogP contribution in [0.2, 0.25) is 0 Å². The van der Waals surface area contributed by atoms with Gasteiger partial charge in [-0.1, -0.05) is 0 Å². The Morgan fingerprint density at radius 1 is 1.53 bits per heavy atom. The lowest BCUT2D eigenvalue weighted by Crippen LogP contribution is -2.17. The monoisotopic (exact) mass is 225 g/mol. The van der Waals surface area contributed by atoms with Crippen molar-refractivity contribution in [3.05, 3.63) is 23.7 Å². The Morgan fingerprint density at radius 2 is 2.40 bits per heavy atom. The summed E-state index contributed by atoms with van der Waals surface area (Å²) in [6.07, 6.45) is 5.82. The largest absolute Gasteiger partial charge is 0.468 e. The van der Waals surface area contributed by atoms with Crippen molar-refractivity contribution < 1.29 is 4.42 Å². The van der Waals surface area contributed by atoms with Crippen LogP contribution in [0, 0.1) is 6.92 Å². The summed E-state index contributed by atoms with van der Waals surface area (Å²) in [5.74, 6) is 3.37. The molecule has 0 amide bonds. The topological polar surface area (TPSA) is 25.2 Å². The molecule has 0 aromatic carbocycles. The highest BCUT2D eigenvalue weighted by Crippen LogP contribution is 2.19. The van der Waals surface area contributed by atoms with Gasteiger partial charge in [0, 0.05) is 6.04 Å². The summed E-state index contributed by atoms with van der Waals surface area (Å²) < 4.78 is 5.38. The van der Waals surface area contributed by atoms with Gasteiger partial charge in [0.25, 0.3) is 0 Å². The molecule has 15 heavy (non-hydrogen) atoms. The van der Waals surface area contributed by atoms with E-state index in [0.717, 1.165) is 17.6 Å². The van der Waals surface area contributed by atoms with Gasteiger partial charge in [-0.3, -0.25) is 0 Å². The predicted octanol–water partition coefficient (Wildman–Crippen LogP) is 2.96. The van der Waals surface area contributed by atoms with Gasteiger partial charge in [-0.05, 0) is 50.1 Å². The van der Waals surface area contributed by atoms with Crippen LogP contribution in [-0.2, 0) is 5.75 Å². The van der Waals surface area contributed by atoms with Crippen LogP contribution in [0.3, 0.4) is 0 Å². The van der Waals surface area contributed by atoms with Gasteiger partial charge in [-0.2, -0.15) is 11.8 Å². The smallest absolute Gasteiger partial charge is 0.116 e. The van der Waals surface area contributed by atoms with Crippen molar-refractivity contribution in [2.24, 2.45) is 0 Å². The number of furan rings is 1. The van der Waals surface area contributed by atoms with Crippen molar-refractivity contribution in [1.82, 2.24) is 5.32 Å². The minimum absolute atomic E-state index is 0.849. The van der Waals surface area contributed by atoms with E-state index in [1.807, 2.05) is 17.8 Å². The zero-order chi connectivity index (χ0) is 10.5. The molecule has 0 unspecified atom stereocenters. The Morgan fingerprint density at radius 3 is 3.07 bits per heavy atom. The molecule has 2 rings (SSSR count). The summed E-state index contributed by atoms with van der Waals surface area (Å²) in [7, 11) is 0. The van der Waals surface area contributed by atoms with Crippen molar-refractivity contribution >= 4 is 11.8 Å². The van der Waals surface area contributed by atoms with Crippen molar-refractivity contribution in [2.75, 3.05) is 12.3 Å². The van der Waals surface area contributed by atoms with Gasteiger partial charge < -0.3 is 9.73 Å². The Balaban J connectivity index is 1.49. The average Bonchev–Trinajstić information content (AvgIpc) is 2.96. The fraction of sp³-hybridized carbons (Fsp3) is 0.667. The van der Waals surface area contributed by atoms with Gasteiger partial charge in [0.2, 0.25) is 0 Å². The number of nitrogens with one attached hydrogen (secondary N) is 1. The van der Waals surface area contributed by atoms with Crippen LogP contribution in [0.4, 0.5) is 0 Å². The third kappa shape index (κ3) is 3.92. The quantitative estimate of drug-likeness (QED) is 0.722. The van der Waals surface area contributed by atoms with Gasteiger partial charge in [-0.15, -0.1) is 0 Å². The molecule has 0 bridgehead atoms. The highest BCUT2D eigenvalue weighted by molar-refractivity contribution is 7.98. The van der Waals surface area contributed by atoms with Gasteiger partial charge in [0.15, 0.2) is 0 Å². The number of thioether (sulfide) groups is 1. The normalized spacial score (nSPS) is 15.8. The lowest BCUT2D eigenvalue weighted by atomic mass is 10.3. The van der Waals surface area contributed by atoms with Gasteiger partial charge in [0.1, 0.15) is 5.76 Å². The van der Waals surface area contributed by atoms with E-state index in [2.05, 4.69) is 12.2 Å². The standard InChI is InChI=1S/C12H19NOS/c1-10-5-7-14-12(10)9-15-8-2-6-13-11-3-4-11/h5,7,11,13H,2-4,6,8-9H2,1H3. The van der Waals surface area contributed by atoms with Crippen molar-refractivity contribution in [2.45, 2.75) is 38.0 Å². The first-order chi connectivity index (χ1) is 7.36. The van der Waals surface area contributed by atoms with Gasteiger partial charge >= 0.3 is 0 Å². The molecule has 0 saturated heterocycles. The third-order valence-electron chi connectivity index (χ3n) is 2.68. The van der Waals surface area contributed by atoms with Crippen LogP contribution in [0.25, 0.3) is 0 Å². The van der Waals surface area contributed by atoms with Gasteiger partial charge in [0.05, 0.1) is 12.0 Å². The van der Waals surface area contributed by atoms with E-state index in [4.69, 9.17) is 4.42 Å². The molecule has 0 radical (unpaired) electrons. The summed E-state index contributed by atoms with van der Waals surface area (Å²) in [6, 6.07) is 2.88. The summed E-state index contributed by atoms with van der Waals surface area (Å²) in [4.78, 5) is 0. The van der Waals surface area contributed by atoms with E-state index in [1.165, 1.54) is 37.1 Å². The molecular weight excluding hydrogens is 206 g/mol. The lowest BCUT2D eigenvalue weighted by molar-refractivity contribution is 0.527. The van der Waals surface area contributed by atoms with Crippen molar-refractivity contribution in [3.8, 4) is 0 Å². The number of rotatable bonds is 7. The van der Waals surface area contributed by atoms with Crippen LogP contribution >= 0.6 is 11.8 Å². The molecule has 1 aliphatic rings. The number of hydrogen-bond acceptors (Lipinski definition) is 3. The van der Waals surface area contributed by atoms with E-state index >= 15 is 0 Å². The number of hydrogen-bond donors (Lipinski definition) is 1. The second-order valence-electron chi connectivity index (χ2n) is 4.16. The molecule has 1 heterocycles. The molecule has 0 spiro atoms. The van der Waals surface area contributed by atoms with E-state index < -0.39 is 0 Å². The van der Waals surface area contributed by atoms with Crippen molar-refractivity contribution in [3.63, 3.8) is 0 Å². The minimum atomic E-state index is 0.849. The van der Waals surface area contributed by atoms with E-state index in [0.29, 0.717) is 0 Å². The summed E-state index contributed by atoms with van der Waals surface area (Å²) in [6.45, 7) is 3.28. The highest BCUT2D eigenvalue weighted by atomic mass is 32.2. The Labute approximate surface area is 95.8 Å². The van der Waals surface area contributed by atoms with Crippen LogP contribution in [0.15, 0.2) is 16.7 Å². The van der Waals surface area contributed by atoms with Gasteiger partial charge in [-0.25, -0.2) is 0 Å². The minimum Gasteiger partial charge on any atom is -0.468 e. The number of aryl methyl sites for hydroxylation is 1. The van der Waals surface area contributed by atoms with Crippen LogP contribution < -0.4 is 5.32 Å². The summed E-state index contributed by atoms with van der Waals surface area (Å²) in [5, 5.41) is 3.52. The second kappa shape index (κ2) is 5.61. The maximum atomic E-state index is 5.38. The molecular formula is C12H19NOS. The Hall–Kier alpha value is -0.410. The summed E-state index contributed by atoms with van der Waals surface area (Å²) in [5.41, 5.74) is 1.28. The first-order valence-electron chi connectivity index (χ1n) is 5.70. The molecule has 3 heteroatoms. The van der Waals surface area contributed by atoms with Crippen molar-refractivity contribution in [1.29, 1.82) is 0 Å². The predicted molar refractivity (Wildman–Crippen MR) is 65.2 cm³/mol. The SMILES string of the molecule is Cc1ccoc1CSCCCNC1CC1. The molecule has 2 nitrogen and oxygen atoms in total. The summed E-state index contributed by atoms with van der Waals surface area (Å²) >= 11 is 1.96. The zero-order valence-corrected chi connectivity index (χ0v) is 10.1. The van der Waals surface area contributed by atoms with E-state index in [9.17, 15) is 0 Å². The lowest BCUT2D eigenvalue weighted by Gasteiger charge is -2.02. The fourth-order valence-corrected chi connectivity index (χ4v) is 2.46. The first-order valence-corrected chi connectivity index (χ1v) is 6.86. The molecule has 0 atom stereocenters. The molecule has 0 aliphatic heterocycles. The molecule has 1 aliphatic carbocycles. The zero-order valence-electron chi connectivity index (χ0n) is 9.29. The molecule has 1 fully saturated rings. The van der Waals surface area contributed by atoms with E-state index in [-0.39, 0.29) is 0 Å². The van der Waals surface area contributed by atoms with Crippen LogP contribution in [-0.4, -0.2) is 18.3 Å². The molecule has 1 saturated carbocycles. The fourth-order valence-electron chi connectivity index (χ4n) is 1.48. The third-order valence-corrected chi connectivity index (χ3v) is 3.72. The second-order valence-corrected chi connectivity index (χ2v) is 5.27.